The van der Waals surface area contributed by atoms with Gasteiger partial charge in [0.1, 0.15) is 11.2 Å². The Balaban J connectivity index is 1.56. The quantitative estimate of drug-likeness (QED) is 0.663. The lowest BCUT2D eigenvalue weighted by Gasteiger charge is -2.17. The van der Waals surface area contributed by atoms with Crippen molar-refractivity contribution in [2.45, 2.75) is 19.8 Å². The van der Waals surface area contributed by atoms with Crippen LogP contribution in [0.2, 0.25) is 0 Å². The number of carbonyl (C=O) groups excluding carboxylic acids is 2. The van der Waals surface area contributed by atoms with Crippen molar-refractivity contribution in [3.63, 3.8) is 0 Å². The predicted molar refractivity (Wildman–Crippen MR) is 108 cm³/mol. The minimum Gasteiger partial charge on any atom is -0.495 e. The molecule has 2 amide bonds. The number of hydrogen-bond acceptors (Lipinski definition) is 4. The summed E-state index contributed by atoms with van der Waals surface area (Å²) in [5, 5.41) is 6.70. The van der Waals surface area contributed by atoms with Crippen LogP contribution in [0.1, 0.15) is 18.4 Å². The highest BCUT2D eigenvalue weighted by Crippen LogP contribution is 2.48. The number of methoxy groups -OCH3 is 1. The molecule has 0 atom stereocenters. The Morgan fingerprint density at radius 3 is 2.43 bits per heavy atom. The van der Waals surface area contributed by atoms with Crippen molar-refractivity contribution in [2.24, 2.45) is 5.41 Å². The Bertz CT molecular complexity index is 1070. The summed E-state index contributed by atoms with van der Waals surface area (Å²) >= 11 is 0. The van der Waals surface area contributed by atoms with Gasteiger partial charge in [-0.2, -0.15) is 0 Å². The number of fused-ring (bicyclic) bond motifs is 1. The zero-order valence-electron chi connectivity index (χ0n) is 15.8. The number of benzene rings is 2. The molecule has 4 rings (SSSR count). The van der Waals surface area contributed by atoms with Gasteiger partial charge in [0.05, 0.1) is 24.0 Å². The van der Waals surface area contributed by atoms with E-state index in [2.05, 4.69) is 15.6 Å². The largest absolute Gasteiger partial charge is 0.495 e. The van der Waals surface area contributed by atoms with Crippen LogP contribution in [0.3, 0.4) is 0 Å². The second-order valence-corrected chi connectivity index (χ2v) is 7.07. The highest BCUT2D eigenvalue weighted by Gasteiger charge is 2.56. The summed E-state index contributed by atoms with van der Waals surface area (Å²) in [4.78, 5) is 30.2. The van der Waals surface area contributed by atoms with Gasteiger partial charge in [-0.1, -0.05) is 24.3 Å². The van der Waals surface area contributed by atoms with E-state index in [-0.39, 0.29) is 11.8 Å². The van der Waals surface area contributed by atoms with Crippen molar-refractivity contribution in [1.82, 2.24) is 4.98 Å². The number of para-hydroxylation sites is 1. The van der Waals surface area contributed by atoms with Gasteiger partial charge in [-0.15, -0.1) is 0 Å². The number of nitrogens with one attached hydrogen (secondary N) is 2. The molecule has 1 aliphatic carbocycles. The van der Waals surface area contributed by atoms with E-state index in [4.69, 9.17) is 4.74 Å². The first kappa shape index (κ1) is 18.0. The maximum atomic E-state index is 13.0. The molecule has 3 aromatic rings. The molecule has 1 saturated carbocycles. The molecular formula is C22H21N3O3. The fourth-order valence-electron chi connectivity index (χ4n) is 3.29. The van der Waals surface area contributed by atoms with Crippen molar-refractivity contribution in [3.8, 4) is 5.75 Å². The third-order valence-electron chi connectivity index (χ3n) is 5.10. The van der Waals surface area contributed by atoms with E-state index in [0.717, 1.165) is 10.9 Å². The minimum atomic E-state index is -1.06. The van der Waals surface area contributed by atoms with Crippen LogP contribution in [0.25, 0.3) is 10.9 Å². The Hall–Kier alpha value is -3.41. The fraction of sp³-hybridized carbons (Fsp3) is 0.227. The molecule has 0 spiro atoms. The third kappa shape index (κ3) is 3.17. The van der Waals surface area contributed by atoms with E-state index in [1.54, 1.807) is 25.4 Å². The third-order valence-corrected chi connectivity index (χ3v) is 5.10. The molecule has 2 aromatic carbocycles. The maximum absolute atomic E-state index is 13.0. The van der Waals surface area contributed by atoms with Gasteiger partial charge in [0.15, 0.2) is 0 Å². The lowest BCUT2D eigenvalue weighted by molar-refractivity contribution is -0.131. The van der Waals surface area contributed by atoms with Crippen LogP contribution >= 0.6 is 0 Å². The summed E-state index contributed by atoms with van der Waals surface area (Å²) in [6, 6.07) is 14.9. The highest BCUT2D eigenvalue weighted by atomic mass is 16.5. The Labute approximate surface area is 162 Å². The summed E-state index contributed by atoms with van der Waals surface area (Å²) in [5.74, 6) is -0.0646. The summed E-state index contributed by atoms with van der Waals surface area (Å²) in [5.41, 5.74) is 1.81. The smallest absolute Gasteiger partial charge is 0.240 e. The number of carbonyl (C=O) groups is 2. The topological polar surface area (TPSA) is 80.3 Å². The molecule has 0 bridgehead atoms. The number of aromatic nitrogens is 1. The van der Waals surface area contributed by atoms with Gasteiger partial charge in [0, 0.05) is 11.6 Å². The van der Waals surface area contributed by atoms with Gasteiger partial charge in [-0.25, -0.2) is 0 Å². The predicted octanol–water partition coefficient (Wildman–Crippen LogP) is 3.91. The number of anilines is 2. The molecule has 0 radical (unpaired) electrons. The second kappa shape index (κ2) is 6.96. The summed E-state index contributed by atoms with van der Waals surface area (Å²) in [7, 11) is 1.55. The molecule has 142 valence electrons. The number of rotatable bonds is 5. The number of nitrogens with zero attached hydrogens (tertiary/aromatic N) is 1. The normalized spacial score (nSPS) is 14.4. The van der Waals surface area contributed by atoms with E-state index in [1.807, 2.05) is 43.3 Å². The average Bonchev–Trinajstić information content (AvgIpc) is 3.51. The molecule has 0 saturated heterocycles. The maximum Gasteiger partial charge on any atom is 0.240 e. The summed E-state index contributed by atoms with van der Waals surface area (Å²) in [6.07, 6.45) is 2.70. The average molecular weight is 375 g/mol. The first-order valence-corrected chi connectivity index (χ1v) is 9.15. The van der Waals surface area contributed by atoms with E-state index >= 15 is 0 Å². The van der Waals surface area contributed by atoms with Gasteiger partial charge in [-0.05, 0) is 49.6 Å². The van der Waals surface area contributed by atoms with Gasteiger partial charge in [-0.3, -0.25) is 14.6 Å². The summed E-state index contributed by atoms with van der Waals surface area (Å²) < 4.78 is 5.32. The Morgan fingerprint density at radius 2 is 1.71 bits per heavy atom. The van der Waals surface area contributed by atoms with Crippen LogP contribution in [0.5, 0.6) is 5.75 Å². The number of aryl methyl sites for hydroxylation is 1. The number of ether oxygens (including phenoxy) is 1. The van der Waals surface area contributed by atoms with Crippen molar-refractivity contribution in [1.29, 1.82) is 0 Å². The van der Waals surface area contributed by atoms with Crippen molar-refractivity contribution in [3.05, 3.63) is 60.3 Å². The van der Waals surface area contributed by atoms with E-state index in [0.29, 0.717) is 35.5 Å². The van der Waals surface area contributed by atoms with Crippen LogP contribution in [0.15, 0.2) is 54.7 Å². The molecule has 6 nitrogen and oxygen atoms in total. The minimum absolute atomic E-state index is 0.310. The van der Waals surface area contributed by atoms with Crippen LogP contribution in [0.4, 0.5) is 11.4 Å². The van der Waals surface area contributed by atoms with Gasteiger partial charge >= 0.3 is 0 Å². The molecule has 1 aromatic heterocycles. The van der Waals surface area contributed by atoms with Crippen LogP contribution in [-0.2, 0) is 9.59 Å². The molecule has 0 aliphatic heterocycles. The highest BCUT2D eigenvalue weighted by molar-refractivity contribution is 6.18. The molecule has 0 unspecified atom stereocenters. The first-order chi connectivity index (χ1) is 13.5. The summed E-state index contributed by atoms with van der Waals surface area (Å²) in [6.45, 7) is 1.93. The zero-order valence-corrected chi connectivity index (χ0v) is 15.8. The van der Waals surface area contributed by atoms with Gasteiger partial charge in [0.2, 0.25) is 11.8 Å². The van der Waals surface area contributed by atoms with E-state index in [9.17, 15) is 9.59 Å². The standard InChI is InChI=1S/C22H21N3O3/c1-14-8-9-18(28-2)17(13-14)25-21(27)22(10-11-22)20(26)24-16-7-3-5-15-6-4-12-23-19(15)16/h3-9,12-13H,10-11H2,1-2H3,(H,24,26)(H,25,27). The van der Waals surface area contributed by atoms with Crippen LogP contribution in [-0.4, -0.2) is 23.9 Å². The van der Waals surface area contributed by atoms with Crippen molar-refractivity contribution >= 4 is 34.1 Å². The molecule has 2 N–H and O–H groups in total. The lowest BCUT2D eigenvalue weighted by Crippen LogP contribution is -2.35. The zero-order chi connectivity index (χ0) is 19.7. The van der Waals surface area contributed by atoms with Gasteiger partial charge < -0.3 is 15.4 Å². The first-order valence-electron chi connectivity index (χ1n) is 9.15. The van der Waals surface area contributed by atoms with Crippen molar-refractivity contribution in [2.75, 3.05) is 17.7 Å². The monoisotopic (exact) mass is 375 g/mol. The SMILES string of the molecule is COc1ccc(C)cc1NC(=O)C1(C(=O)Nc2cccc3cccnc23)CC1. The van der Waals surface area contributed by atoms with Crippen LogP contribution < -0.4 is 15.4 Å². The molecule has 6 heteroatoms. The van der Waals surface area contributed by atoms with E-state index in [1.165, 1.54) is 0 Å². The lowest BCUT2D eigenvalue weighted by atomic mass is 10.0. The molecule has 1 aliphatic rings. The number of hydrogen-bond donors (Lipinski definition) is 2. The molecule has 28 heavy (non-hydrogen) atoms. The fourth-order valence-corrected chi connectivity index (χ4v) is 3.29. The van der Waals surface area contributed by atoms with E-state index < -0.39 is 5.41 Å². The molecule has 1 fully saturated rings. The number of amides is 2. The molecular weight excluding hydrogens is 354 g/mol. The van der Waals surface area contributed by atoms with Gasteiger partial charge in [0.25, 0.3) is 0 Å². The Kier molecular flexibility index (Phi) is 4.47. The second-order valence-electron chi connectivity index (χ2n) is 7.07. The van der Waals surface area contributed by atoms with Crippen molar-refractivity contribution < 1.29 is 14.3 Å². The molecule has 1 heterocycles. The number of pyridine rings is 1. The van der Waals surface area contributed by atoms with Crippen LogP contribution in [0, 0.1) is 12.3 Å². The Morgan fingerprint density at radius 1 is 1.00 bits per heavy atom.